The molecule has 0 aliphatic rings. The van der Waals surface area contributed by atoms with Crippen LogP contribution in [-0.4, -0.2) is 37.1 Å². The lowest BCUT2D eigenvalue weighted by atomic mass is 10.0. The van der Waals surface area contributed by atoms with Gasteiger partial charge in [0.1, 0.15) is 0 Å². The maximum absolute atomic E-state index is 11.1. The normalized spacial score (nSPS) is 11.8. The third kappa shape index (κ3) is 14.7. The molecule has 0 saturated heterocycles. The highest BCUT2D eigenvalue weighted by Gasteiger charge is 2.20. The number of carbonyl (C=O) groups excluding carboxylic acids is 2. The first kappa shape index (κ1) is 24.3. The van der Waals surface area contributed by atoms with Gasteiger partial charge in [-0.05, 0) is 12.8 Å². The maximum Gasteiger partial charge on any atom is 0.305 e. The van der Waals surface area contributed by atoms with Gasteiger partial charge >= 0.3 is 11.9 Å². The van der Waals surface area contributed by atoms with E-state index in [4.69, 9.17) is 0 Å². The van der Waals surface area contributed by atoms with Crippen molar-refractivity contribution in [2.24, 2.45) is 0 Å². The number of unbranched alkanes of at least 4 members (excludes halogenated alkanes) is 9. The van der Waals surface area contributed by atoms with Crippen LogP contribution in [0.2, 0.25) is 0 Å². The molecule has 26 heavy (non-hydrogen) atoms. The molecule has 0 heterocycles. The van der Waals surface area contributed by atoms with Crippen LogP contribution in [0.1, 0.15) is 89.9 Å². The maximum atomic E-state index is 11.1. The zero-order valence-electron chi connectivity index (χ0n) is 16.4. The molecule has 1 atom stereocenters. The Labute approximate surface area is 157 Å². The van der Waals surface area contributed by atoms with Gasteiger partial charge in [-0.25, -0.2) is 0 Å². The number of esters is 2. The van der Waals surface area contributed by atoms with Crippen LogP contribution < -0.4 is 0 Å². The molecule has 0 N–H and O–H groups in total. The highest BCUT2D eigenvalue weighted by molar-refractivity contribution is 5.69. The zero-order chi connectivity index (χ0) is 19.6. The first-order valence-electron chi connectivity index (χ1n) is 9.78. The Balaban J connectivity index is 3.46. The molecule has 0 spiro atoms. The second kappa shape index (κ2) is 16.8. The van der Waals surface area contributed by atoms with Crippen LogP contribution in [0.25, 0.3) is 0 Å². The monoisotopic (exact) mass is 373 g/mol. The smallest absolute Gasteiger partial charge is 0.305 e. The van der Waals surface area contributed by atoms with E-state index in [0.717, 1.165) is 44.9 Å². The largest absolute Gasteiger partial charge is 0.469 e. The average Bonchev–Trinajstić information content (AvgIpc) is 2.63. The fourth-order valence-corrected chi connectivity index (χ4v) is 2.91. The molecule has 1 unspecified atom stereocenters. The molecule has 0 aromatic heterocycles. The SMILES string of the molecule is COC(=O)CCCCCCCCCCCCC(CCC(=O)OC)[N+](=O)[O-]. The summed E-state index contributed by atoms with van der Waals surface area (Å²) in [5.41, 5.74) is 0. The summed E-state index contributed by atoms with van der Waals surface area (Å²) in [6.07, 6.45) is 12.2. The van der Waals surface area contributed by atoms with Crippen molar-refractivity contribution >= 4 is 11.9 Å². The van der Waals surface area contributed by atoms with Crippen molar-refractivity contribution in [1.29, 1.82) is 0 Å². The standard InChI is InChI=1S/C19H35NO6/c1-25-18(21)14-12-10-8-6-4-3-5-7-9-11-13-17(20(23)24)15-16-19(22)26-2/h17H,3-16H2,1-2H3. The van der Waals surface area contributed by atoms with Crippen LogP contribution in [-0.2, 0) is 19.1 Å². The molecule has 0 fully saturated rings. The van der Waals surface area contributed by atoms with Crippen molar-refractivity contribution < 1.29 is 24.0 Å². The Morgan fingerprint density at radius 1 is 0.731 bits per heavy atom. The van der Waals surface area contributed by atoms with E-state index in [-0.39, 0.29) is 29.7 Å². The molecule has 7 nitrogen and oxygen atoms in total. The lowest BCUT2D eigenvalue weighted by Crippen LogP contribution is -2.21. The first-order chi connectivity index (χ1) is 12.5. The van der Waals surface area contributed by atoms with Gasteiger partial charge in [0, 0.05) is 24.2 Å². The number of carbonyl (C=O) groups is 2. The Hall–Kier alpha value is -1.66. The first-order valence-corrected chi connectivity index (χ1v) is 9.78. The average molecular weight is 373 g/mol. The summed E-state index contributed by atoms with van der Waals surface area (Å²) < 4.78 is 9.13. The van der Waals surface area contributed by atoms with Gasteiger partial charge < -0.3 is 9.47 Å². The van der Waals surface area contributed by atoms with Gasteiger partial charge in [0.15, 0.2) is 0 Å². The van der Waals surface area contributed by atoms with E-state index >= 15 is 0 Å². The summed E-state index contributed by atoms with van der Waals surface area (Å²) in [5, 5.41) is 11.0. The predicted molar refractivity (Wildman–Crippen MR) is 99.5 cm³/mol. The van der Waals surface area contributed by atoms with Crippen LogP contribution >= 0.6 is 0 Å². The minimum atomic E-state index is -0.640. The number of nitrogens with zero attached hydrogens (tertiary/aromatic N) is 1. The van der Waals surface area contributed by atoms with Gasteiger partial charge in [-0.2, -0.15) is 0 Å². The van der Waals surface area contributed by atoms with Gasteiger partial charge in [0.2, 0.25) is 6.04 Å². The highest BCUT2D eigenvalue weighted by atomic mass is 16.6. The summed E-state index contributed by atoms with van der Waals surface area (Å²) in [7, 11) is 2.72. The summed E-state index contributed by atoms with van der Waals surface area (Å²) >= 11 is 0. The molecule has 7 heteroatoms. The molecule has 0 amide bonds. The Kier molecular flexibility index (Phi) is 15.7. The number of rotatable bonds is 17. The molecule has 0 aromatic carbocycles. The van der Waals surface area contributed by atoms with Crippen LogP contribution in [0.4, 0.5) is 0 Å². The Bertz CT molecular complexity index is 399. The zero-order valence-corrected chi connectivity index (χ0v) is 16.4. The quantitative estimate of drug-likeness (QED) is 0.162. The number of hydrogen-bond donors (Lipinski definition) is 0. The summed E-state index contributed by atoms with van der Waals surface area (Å²) in [4.78, 5) is 32.7. The molecule has 0 aliphatic carbocycles. The highest BCUT2D eigenvalue weighted by Crippen LogP contribution is 2.15. The topological polar surface area (TPSA) is 95.7 Å². The molecule has 152 valence electrons. The van der Waals surface area contributed by atoms with E-state index in [1.165, 1.54) is 33.5 Å². The number of methoxy groups -OCH3 is 2. The van der Waals surface area contributed by atoms with E-state index < -0.39 is 6.04 Å². The Morgan fingerprint density at radius 3 is 1.62 bits per heavy atom. The van der Waals surface area contributed by atoms with Crippen molar-refractivity contribution in [3.05, 3.63) is 10.1 Å². The van der Waals surface area contributed by atoms with Crippen LogP contribution in [0, 0.1) is 10.1 Å². The molecular weight excluding hydrogens is 338 g/mol. The van der Waals surface area contributed by atoms with E-state index in [1.807, 2.05) is 0 Å². The summed E-state index contributed by atoms with van der Waals surface area (Å²) in [6, 6.07) is -0.640. The molecule has 0 saturated carbocycles. The van der Waals surface area contributed by atoms with Gasteiger partial charge in [-0.1, -0.05) is 51.4 Å². The number of hydrogen-bond acceptors (Lipinski definition) is 6. The van der Waals surface area contributed by atoms with Crippen molar-refractivity contribution in [3.8, 4) is 0 Å². The van der Waals surface area contributed by atoms with Gasteiger partial charge in [-0.3, -0.25) is 19.7 Å². The van der Waals surface area contributed by atoms with Crippen molar-refractivity contribution in [3.63, 3.8) is 0 Å². The lowest BCUT2D eigenvalue weighted by Gasteiger charge is -2.08. The minimum Gasteiger partial charge on any atom is -0.469 e. The molecule has 0 radical (unpaired) electrons. The molecule has 0 aliphatic heterocycles. The van der Waals surface area contributed by atoms with Crippen molar-refractivity contribution in [2.45, 2.75) is 95.9 Å². The van der Waals surface area contributed by atoms with Gasteiger partial charge in [0.05, 0.1) is 20.6 Å². The summed E-state index contributed by atoms with van der Waals surface area (Å²) in [5.74, 6) is -0.517. The van der Waals surface area contributed by atoms with Gasteiger partial charge in [-0.15, -0.1) is 0 Å². The van der Waals surface area contributed by atoms with Crippen LogP contribution in [0.3, 0.4) is 0 Å². The third-order valence-corrected chi connectivity index (χ3v) is 4.60. The van der Waals surface area contributed by atoms with Crippen LogP contribution in [0.15, 0.2) is 0 Å². The molecule has 0 bridgehead atoms. The summed E-state index contributed by atoms with van der Waals surface area (Å²) in [6.45, 7) is 0. The van der Waals surface area contributed by atoms with E-state index in [1.54, 1.807) is 0 Å². The van der Waals surface area contributed by atoms with E-state index in [2.05, 4.69) is 9.47 Å². The minimum absolute atomic E-state index is 0.113. The second-order valence-corrected chi connectivity index (χ2v) is 6.70. The molecular formula is C19H35NO6. The molecule has 0 aromatic rings. The fraction of sp³-hybridized carbons (Fsp3) is 0.895. The third-order valence-electron chi connectivity index (χ3n) is 4.60. The van der Waals surface area contributed by atoms with Crippen molar-refractivity contribution in [2.75, 3.05) is 14.2 Å². The Morgan fingerprint density at radius 2 is 1.15 bits per heavy atom. The van der Waals surface area contributed by atoms with Crippen LogP contribution in [0.5, 0.6) is 0 Å². The molecule has 0 rings (SSSR count). The lowest BCUT2D eigenvalue weighted by molar-refractivity contribution is -0.524. The number of ether oxygens (including phenoxy) is 2. The number of nitro groups is 1. The second-order valence-electron chi connectivity index (χ2n) is 6.70. The van der Waals surface area contributed by atoms with Crippen molar-refractivity contribution in [1.82, 2.24) is 0 Å². The van der Waals surface area contributed by atoms with Gasteiger partial charge in [0.25, 0.3) is 0 Å². The fourth-order valence-electron chi connectivity index (χ4n) is 2.91. The van der Waals surface area contributed by atoms with E-state index in [0.29, 0.717) is 12.8 Å². The van der Waals surface area contributed by atoms with E-state index in [9.17, 15) is 19.7 Å². The predicted octanol–water partition coefficient (Wildman–Crippen LogP) is 4.44.